The highest BCUT2D eigenvalue weighted by molar-refractivity contribution is 5.65. The minimum Gasteiger partial charge on any atom is -0.497 e. The maximum absolute atomic E-state index is 13.8. The van der Waals surface area contributed by atoms with E-state index in [4.69, 9.17) is 10.6 Å². The first-order valence-electron chi connectivity index (χ1n) is 6.10. The van der Waals surface area contributed by atoms with Crippen molar-refractivity contribution in [2.45, 2.75) is 13.3 Å². The van der Waals surface area contributed by atoms with Gasteiger partial charge < -0.3 is 15.5 Å². The van der Waals surface area contributed by atoms with Crippen LogP contribution >= 0.6 is 0 Å². The predicted octanol–water partition coefficient (Wildman–Crippen LogP) is 2.22. The molecule has 1 aromatic heterocycles. The number of methoxy groups -OCH3 is 1. The fourth-order valence-electron chi connectivity index (χ4n) is 1.83. The lowest BCUT2D eigenvalue weighted by molar-refractivity contribution is 0.414. The Morgan fingerprint density at radius 3 is 2.70 bits per heavy atom. The molecule has 0 unspecified atom stereocenters. The first-order valence-corrected chi connectivity index (χ1v) is 6.10. The van der Waals surface area contributed by atoms with E-state index < -0.39 is 5.82 Å². The molecule has 0 atom stereocenters. The third-order valence-electron chi connectivity index (χ3n) is 2.86. The Morgan fingerprint density at radius 2 is 2.05 bits per heavy atom. The Morgan fingerprint density at radius 1 is 1.30 bits per heavy atom. The van der Waals surface area contributed by atoms with E-state index in [0.29, 0.717) is 23.8 Å². The molecule has 0 aliphatic heterocycles. The molecule has 6 nitrogen and oxygen atoms in total. The van der Waals surface area contributed by atoms with Gasteiger partial charge in [-0.2, -0.15) is 0 Å². The number of benzene rings is 1. The van der Waals surface area contributed by atoms with Crippen LogP contribution in [0.2, 0.25) is 0 Å². The van der Waals surface area contributed by atoms with E-state index in [1.54, 1.807) is 12.1 Å². The molecule has 0 radical (unpaired) electrons. The summed E-state index contributed by atoms with van der Waals surface area (Å²) >= 11 is 0. The van der Waals surface area contributed by atoms with Crippen LogP contribution in [-0.4, -0.2) is 17.1 Å². The summed E-state index contributed by atoms with van der Waals surface area (Å²) in [6, 6.07) is 4.44. The molecule has 2 rings (SSSR count). The van der Waals surface area contributed by atoms with Crippen LogP contribution in [0.1, 0.15) is 12.5 Å². The number of rotatable bonds is 5. The van der Waals surface area contributed by atoms with Crippen LogP contribution in [0.5, 0.6) is 5.75 Å². The van der Waals surface area contributed by atoms with Crippen LogP contribution in [0.25, 0.3) is 0 Å². The summed E-state index contributed by atoms with van der Waals surface area (Å²) in [6.07, 6.45) is 2.00. The number of nitrogen functional groups attached to an aromatic ring is 1. The molecule has 0 fully saturated rings. The summed E-state index contributed by atoms with van der Waals surface area (Å²) in [5, 5.41) is 2.94. The second kappa shape index (κ2) is 6.16. The first kappa shape index (κ1) is 14.0. The Kier molecular flexibility index (Phi) is 4.31. The van der Waals surface area contributed by atoms with Crippen molar-refractivity contribution in [1.82, 2.24) is 9.97 Å². The van der Waals surface area contributed by atoms with Gasteiger partial charge in [-0.15, -0.1) is 0 Å². The molecule has 0 aliphatic carbocycles. The van der Waals surface area contributed by atoms with E-state index >= 15 is 0 Å². The highest BCUT2D eigenvalue weighted by atomic mass is 19.1. The summed E-state index contributed by atoms with van der Waals surface area (Å²) in [6.45, 7) is 1.94. The minimum absolute atomic E-state index is 0.278. The fraction of sp³-hybridized carbons (Fsp3) is 0.231. The zero-order valence-corrected chi connectivity index (χ0v) is 11.3. The second-order valence-electron chi connectivity index (χ2n) is 4.02. The van der Waals surface area contributed by atoms with Crippen LogP contribution in [0.4, 0.5) is 21.7 Å². The van der Waals surface area contributed by atoms with Crippen LogP contribution in [-0.2, 0) is 6.42 Å². The van der Waals surface area contributed by atoms with Gasteiger partial charge in [-0.25, -0.2) is 20.2 Å². The summed E-state index contributed by atoms with van der Waals surface area (Å²) in [7, 11) is 1.52. The number of hydrogen-bond donors (Lipinski definition) is 3. The maximum Gasteiger partial charge on any atom is 0.148 e. The van der Waals surface area contributed by atoms with Gasteiger partial charge >= 0.3 is 0 Å². The van der Waals surface area contributed by atoms with Gasteiger partial charge in [-0.1, -0.05) is 6.92 Å². The molecule has 0 saturated carbocycles. The number of ether oxygens (including phenoxy) is 1. The summed E-state index contributed by atoms with van der Waals surface area (Å²) in [5.74, 6) is 6.57. The van der Waals surface area contributed by atoms with E-state index in [0.717, 1.165) is 5.56 Å². The minimum atomic E-state index is -0.395. The molecule has 0 amide bonds. The second-order valence-corrected chi connectivity index (χ2v) is 4.02. The predicted molar refractivity (Wildman–Crippen MR) is 75.5 cm³/mol. The zero-order chi connectivity index (χ0) is 14.5. The molecule has 1 aromatic carbocycles. The van der Waals surface area contributed by atoms with Gasteiger partial charge in [-0.05, 0) is 18.6 Å². The lowest BCUT2D eigenvalue weighted by Crippen LogP contribution is -2.13. The molecule has 2 aromatic rings. The van der Waals surface area contributed by atoms with Gasteiger partial charge in [0.25, 0.3) is 0 Å². The molecular formula is C13H16FN5O. The average Bonchev–Trinajstić information content (AvgIpc) is 2.49. The fourth-order valence-corrected chi connectivity index (χ4v) is 1.83. The van der Waals surface area contributed by atoms with Gasteiger partial charge in [0, 0.05) is 11.6 Å². The summed E-state index contributed by atoms with van der Waals surface area (Å²) in [4.78, 5) is 8.15. The maximum atomic E-state index is 13.8. The van der Waals surface area contributed by atoms with Crippen molar-refractivity contribution < 1.29 is 9.13 Å². The quantitative estimate of drug-likeness (QED) is 0.574. The number of hydrazine groups is 1. The molecule has 0 aliphatic rings. The summed E-state index contributed by atoms with van der Waals surface area (Å²) in [5.41, 5.74) is 3.55. The largest absolute Gasteiger partial charge is 0.497 e. The van der Waals surface area contributed by atoms with Crippen molar-refractivity contribution in [3.8, 4) is 5.75 Å². The van der Waals surface area contributed by atoms with Crippen molar-refractivity contribution in [2.24, 2.45) is 5.84 Å². The Hall–Kier alpha value is -2.41. The third kappa shape index (κ3) is 2.77. The zero-order valence-electron chi connectivity index (χ0n) is 11.3. The highest BCUT2D eigenvalue weighted by Crippen LogP contribution is 2.27. The molecule has 0 saturated heterocycles. The number of nitrogens with two attached hydrogens (primary N) is 1. The van der Waals surface area contributed by atoms with Crippen LogP contribution < -0.4 is 21.3 Å². The number of aromatic nitrogens is 2. The van der Waals surface area contributed by atoms with Gasteiger partial charge in [0.2, 0.25) is 0 Å². The molecule has 1 heterocycles. The lowest BCUT2D eigenvalue weighted by Gasteiger charge is -2.13. The Labute approximate surface area is 116 Å². The SMILES string of the molecule is CCc1c(NN)ncnc1Nc1cc(OC)ccc1F. The van der Waals surface area contributed by atoms with Crippen LogP contribution in [0, 0.1) is 5.82 Å². The number of nitrogens with zero attached hydrogens (tertiary/aromatic N) is 2. The summed E-state index contributed by atoms with van der Waals surface area (Å²) < 4.78 is 18.9. The number of hydrogen-bond acceptors (Lipinski definition) is 6. The molecule has 7 heteroatoms. The van der Waals surface area contributed by atoms with Crippen molar-refractivity contribution in [1.29, 1.82) is 0 Å². The lowest BCUT2D eigenvalue weighted by atomic mass is 10.2. The number of nitrogens with one attached hydrogen (secondary N) is 2. The van der Waals surface area contributed by atoms with Crippen molar-refractivity contribution in [2.75, 3.05) is 17.9 Å². The highest BCUT2D eigenvalue weighted by Gasteiger charge is 2.11. The van der Waals surface area contributed by atoms with Crippen molar-refractivity contribution in [3.05, 3.63) is 35.9 Å². The molecule has 0 spiro atoms. The number of halogens is 1. The molecule has 20 heavy (non-hydrogen) atoms. The van der Waals surface area contributed by atoms with Crippen molar-refractivity contribution >= 4 is 17.3 Å². The monoisotopic (exact) mass is 277 g/mol. The van der Waals surface area contributed by atoms with E-state index in [2.05, 4.69) is 20.7 Å². The molecule has 106 valence electrons. The van der Waals surface area contributed by atoms with Gasteiger partial charge in [0.05, 0.1) is 12.8 Å². The van der Waals surface area contributed by atoms with Crippen molar-refractivity contribution in [3.63, 3.8) is 0 Å². The van der Waals surface area contributed by atoms with E-state index in [9.17, 15) is 4.39 Å². The van der Waals surface area contributed by atoms with E-state index in [1.165, 1.54) is 19.5 Å². The topological polar surface area (TPSA) is 85.1 Å². The van der Waals surface area contributed by atoms with Crippen LogP contribution in [0.3, 0.4) is 0 Å². The first-order chi connectivity index (χ1) is 9.69. The van der Waals surface area contributed by atoms with Gasteiger partial charge in [0.15, 0.2) is 0 Å². The standard InChI is InChI=1S/C13H16FN5O/c1-3-9-12(16-7-17-13(9)19-15)18-11-6-8(20-2)4-5-10(11)14/h4-7H,3,15H2,1-2H3,(H2,16,17,18,19). The molecular weight excluding hydrogens is 261 g/mol. The van der Waals surface area contributed by atoms with E-state index in [-0.39, 0.29) is 5.69 Å². The normalized spacial score (nSPS) is 10.2. The average molecular weight is 277 g/mol. The van der Waals surface area contributed by atoms with Crippen LogP contribution in [0.15, 0.2) is 24.5 Å². The smallest absolute Gasteiger partial charge is 0.148 e. The molecule has 4 N–H and O–H groups in total. The number of anilines is 3. The van der Waals surface area contributed by atoms with Gasteiger partial charge in [-0.3, -0.25) is 0 Å². The Balaban J connectivity index is 2.39. The Bertz CT molecular complexity index is 605. The van der Waals surface area contributed by atoms with Gasteiger partial charge in [0.1, 0.15) is 29.5 Å². The van der Waals surface area contributed by atoms with E-state index in [1.807, 2.05) is 6.92 Å². The third-order valence-corrected chi connectivity index (χ3v) is 2.86. The molecule has 0 bridgehead atoms.